The van der Waals surface area contributed by atoms with Gasteiger partial charge in [0.05, 0.1) is 4.90 Å². The van der Waals surface area contributed by atoms with Gasteiger partial charge < -0.3 is 10.6 Å². The first-order valence-corrected chi connectivity index (χ1v) is 9.85. The summed E-state index contributed by atoms with van der Waals surface area (Å²) in [4.78, 5) is 23.8. The summed E-state index contributed by atoms with van der Waals surface area (Å²) in [7, 11) is -3.33. The lowest BCUT2D eigenvalue weighted by molar-refractivity contribution is -0.117. The minimum absolute atomic E-state index is 0.0774. The number of rotatable bonds is 7. The number of hydrogen-bond acceptors (Lipinski definition) is 4. The Morgan fingerprint density at radius 3 is 2.46 bits per heavy atom. The van der Waals surface area contributed by atoms with Crippen molar-refractivity contribution in [2.24, 2.45) is 0 Å². The molecule has 0 bridgehead atoms. The van der Waals surface area contributed by atoms with Gasteiger partial charge in [0.1, 0.15) is 0 Å². The second-order valence-corrected chi connectivity index (χ2v) is 7.65. The molecule has 0 spiro atoms. The van der Waals surface area contributed by atoms with E-state index in [9.17, 15) is 18.0 Å². The van der Waals surface area contributed by atoms with E-state index < -0.39 is 9.84 Å². The standard InChI is InChI=1S/C19H20N2O4S/c1-26(24,25)17-9-5-8-16(14-17)21-19(23)12-13-20-18(22)11-10-15-6-3-2-4-7-15/h2-11,14H,12-13H2,1H3,(H,20,22)(H,21,23)/b11-10+. The van der Waals surface area contributed by atoms with Crippen LogP contribution in [0, 0.1) is 0 Å². The predicted molar refractivity (Wildman–Crippen MR) is 101 cm³/mol. The minimum Gasteiger partial charge on any atom is -0.352 e. The van der Waals surface area contributed by atoms with Crippen LogP contribution in [0.3, 0.4) is 0 Å². The van der Waals surface area contributed by atoms with Gasteiger partial charge in [-0.15, -0.1) is 0 Å². The molecule has 0 fully saturated rings. The average molecular weight is 372 g/mol. The number of carbonyl (C=O) groups is 2. The Morgan fingerprint density at radius 2 is 1.77 bits per heavy atom. The fourth-order valence-corrected chi connectivity index (χ4v) is 2.79. The number of nitrogens with one attached hydrogen (secondary N) is 2. The third-order valence-corrected chi connectivity index (χ3v) is 4.53. The van der Waals surface area contributed by atoms with E-state index in [-0.39, 0.29) is 29.7 Å². The van der Waals surface area contributed by atoms with Gasteiger partial charge in [0, 0.05) is 31.0 Å². The van der Waals surface area contributed by atoms with Gasteiger partial charge in [-0.3, -0.25) is 9.59 Å². The van der Waals surface area contributed by atoms with Crippen LogP contribution in [-0.2, 0) is 19.4 Å². The van der Waals surface area contributed by atoms with Crippen LogP contribution in [0.15, 0.2) is 65.6 Å². The fraction of sp³-hybridized carbons (Fsp3) is 0.158. The Bertz CT molecular complexity index is 906. The monoisotopic (exact) mass is 372 g/mol. The van der Waals surface area contributed by atoms with Crippen molar-refractivity contribution in [2.75, 3.05) is 18.1 Å². The highest BCUT2D eigenvalue weighted by Gasteiger charge is 2.09. The van der Waals surface area contributed by atoms with E-state index in [1.54, 1.807) is 18.2 Å². The Hall–Kier alpha value is -2.93. The molecule has 2 amide bonds. The van der Waals surface area contributed by atoms with E-state index in [2.05, 4.69) is 10.6 Å². The van der Waals surface area contributed by atoms with Crippen molar-refractivity contribution in [2.45, 2.75) is 11.3 Å². The highest BCUT2D eigenvalue weighted by Crippen LogP contribution is 2.15. The van der Waals surface area contributed by atoms with Crippen molar-refractivity contribution in [3.05, 3.63) is 66.2 Å². The Balaban J connectivity index is 1.79. The molecule has 6 nitrogen and oxygen atoms in total. The average Bonchev–Trinajstić information content (AvgIpc) is 2.60. The quantitative estimate of drug-likeness (QED) is 0.729. The van der Waals surface area contributed by atoms with E-state index in [4.69, 9.17) is 0 Å². The van der Waals surface area contributed by atoms with Crippen molar-refractivity contribution < 1.29 is 18.0 Å². The van der Waals surface area contributed by atoms with Crippen LogP contribution in [0.25, 0.3) is 6.08 Å². The van der Waals surface area contributed by atoms with Gasteiger partial charge in [-0.2, -0.15) is 0 Å². The van der Waals surface area contributed by atoms with Crippen LogP contribution in [-0.4, -0.2) is 33.0 Å². The molecule has 0 saturated carbocycles. The van der Waals surface area contributed by atoms with Gasteiger partial charge in [0.25, 0.3) is 0 Å². The zero-order valence-electron chi connectivity index (χ0n) is 14.3. The molecule has 0 aliphatic rings. The summed E-state index contributed by atoms with van der Waals surface area (Å²) in [6.45, 7) is 0.176. The van der Waals surface area contributed by atoms with E-state index in [1.807, 2.05) is 30.3 Å². The molecule has 0 aliphatic heterocycles. The molecule has 0 radical (unpaired) electrons. The molecule has 0 atom stereocenters. The van der Waals surface area contributed by atoms with Crippen LogP contribution in [0.1, 0.15) is 12.0 Å². The fourth-order valence-electron chi connectivity index (χ4n) is 2.12. The molecule has 2 aromatic rings. The van der Waals surface area contributed by atoms with Crippen molar-refractivity contribution in [3.8, 4) is 0 Å². The number of benzene rings is 2. The Labute approximate surface area is 152 Å². The molecule has 0 aromatic heterocycles. The van der Waals surface area contributed by atoms with E-state index >= 15 is 0 Å². The highest BCUT2D eigenvalue weighted by atomic mass is 32.2. The van der Waals surface area contributed by atoms with Crippen molar-refractivity contribution >= 4 is 33.4 Å². The van der Waals surface area contributed by atoms with Crippen LogP contribution < -0.4 is 10.6 Å². The molecule has 7 heteroatoms. The molecule has 0 unspecified atom stereocenters. The third kappa shape index (κ3) is 6.52. The lowest BCUT2D eigenvalue weighted by Crippen LogP contribution is -2.26. The molecular formula is C19H20N2O4S. The molecule has 0 aliphatic carbocycles. The second-order valence-electron chi connectivity index (χ2n) is 5.63. The lowest BCUT2D eigenvalue weighted by atomic mass is 10.2. The van der Waals surface area contributed by atoms with Crippen molar-refractivity contribution in [1.29, 1.82) is 0 Å². The first-order valence-electron chi connectivity index (χ1n) is 7.95. The van der Waals surface area contributed by atoms with Gasteiger partial charge in [0.2, 0.25) is 11.8 Å². The van der Waals surface area contributed by atoms with E-state index in [1.165, 1.54) is 18.2 Å². The van der Waals surface area contributed by atoms with E-state index in [0.29, 0.717) is 5.69 Å². The van der Waals surface area contributed by atoms with E-state index in [0.717, 1.165) is 11.8 Å². The normalized spacial score (nSPS) is 11.3. The van der Waals surface area contributed by atoms with Gasteiger partial charge in [-0.1, -0.05) is 36.4 Å². The summed E-state index contributed by atoms with van der Waals surface area (Å²) >= 11 is 0. The van der Waals surface area contributed by atoms with Gasteiger partial charge in [-0.25, -0.2) is 8.42 Å². The molecule has 0 heterocycles. The number of amides is 2. The zero-order valence-corrected chi connectivity index (χ0v) is 15.1. The first-order chi connectivity index (χ1) is 12.3. The predicted octanol–water partition coefficient (Wildman–Crippen LogP) is 2.25. The summed E-state index contributed by atoms with van der Waals surface area (Å²) < 4.78 is 23.0. The largest absolute Gasteiger partial charge is 0.352 e. The molecular weight excluding hydrogens is 352 g/mol. The summed E-state index contributed by atoms with van der Waals surface area (Å²) in [5.74, 6) is -0.608. The van der Waals surface area contributed by atoms with Crippen molar-refractivity contribution in [1.82, 2.24) is 5.32 Å². The summed E-state index contributed by atoms with van der Waals surface area (Å²) in [6.07, 6.45) is 4.27. The van der Waals surface area contributed by atoms with Crippen LogP contribution in [0.2, 0.25) is 0 Å². The molecule has 0 saturated heterocycles. The minimum atomic E-state index is -3.33. The lowest BCUT2D eigenvalue weighted by Gasteiger charge is -2.07. The Morgan fingerprint density at radius 1 is 1.04 bits per heavy atom. The Kier molecular flexibility index (Phi) is 6.68. The van der Waals surface area contributed by atoms with Crippen LogP contribution >= 0.6 is 0 Å². The molecule has 2 rings (SSSR count). The molecule has 2 aromatic carbocycles. The molecule has 26 heavy (non-hydrogen) atoms. The summed E-state index contributed by atoms with van der Waals surface area (Å²) in [5, 5.41) is 5.24. The maximum absolute atomic E-state index is 11.9. The van der Waals surface area contributed by atoms with Crippen molar-refractivity contribution in [3.63, 3.8) is 0 Å². The van der Waals surface area contributed by atoms with Gasteiger partial charge in [0.15, 0.2) is 9.84 Å². The number of carbonyl (C=O) groups excluding carboxylic acids is 2. The van der Waals surface area contributed by atoms with Crippen LogP contribution in [0.4, 0.5) is 5.69 Å². The maximum atomic E-state index is 11.9. The number of sulfone groups is 1. The first kappa shape index (κ1) is 19.4. The van der Waals surface area contributed by atoms with Gasteiger partial charge >= 0.3 is 0 Å². The topological polar surface area (TPSA) is 92.3 Å². The number of anilines is 1. The third-order valence-electron chi connectivity index (χ3n) is 3.42. The summed E-state index contributed by atoms with van der Waals surface area (Å²) in [5.41, 5.74) is 1.30. The summed E-state index contributed by atoms with van der Waals surface area (Å²) in [6, 6.07) is 15.4. The van der Waals surface area contributed by atoms with Gasteiger partial charge in [-0.05, 0) is 29.8 Å². The smallest absolute Gasteiger partial charge is 0.244 e. The SMILES string of the molecule is CS(=O)(=O)c1cccc(NC(=O)CCNC(=O)/C=C/c2ccccc2)c1. The highest BCUT2D eigenvalue weighted by molar-refractivity contribution is 7.90. The molecule has 136 valence electrons. The number of hydrogen-bond donors (Lipinski definition) is 2. The second kappa shape index (κ2) is 8.96. The zero-order chi connectivity index (χ0) is 19.0. The van der Waals surface area contributed by atoms with Crippen LogP contribution in [0.5, 0.6) is 0 Å². The molecule has 2 N–H and O–H groups in total. The maximum Gasteiger partial charge on any atom is 0.244 e.